The highest BCUT2D eigenvalue weighted by molar-refractivity contribution is 5.84. The monoisotopic (exact) mass is 258 g/mol. The summed E-state index contributed by atoms with van der Waals surface area (Å²) in [5, 5.41) is 4.96. The number of nitrogens with two attached hydrogens (primary N) is 2. The first-order valence-electron chi connectivity index (χ1n) is 5.93. The molecular formula is C11H22N4O3. The molecule has 6 N–H and O–H groups in total. The summed E-state index contributed by atoms with van der Waals surface area (Å²) in [6, 6.07) is -1.82. The standard InChI is InChI=1S/C11H22N4O3/c1-7(2)9(12)10(17)15-8(6-16)4-3-5-14-11(13)18/h6-9H,3-5,12H2,1-2H3,(H,15,17)(H3,13,14,18)/t8-,9-/m0/s1. The number of hydrogen-bond donors (Lipinski definition) is 4. The molecule has 0 rings (SSSR count). The molecule has 0 saturated heterocycles. The van der Waals surface area contributed by atoms with Crippen molar-refractivity contribution in [1.82, 2.24) is 10.6 Å². The van der Waals surface area contributed by atoms with Crippen LogP contribution in [0.5, 0.6) is 0 Å². The van der Waals surface area contributed by atoms with Crippen molar-refractivity contribution >= 4 is 18.2 Å². The van der Waals surface area contributed by atoms with Gasteiger partial charge in [-0.05, 0) is 18.8 Å². The lowest BCUT2D eigenvalue weighted by Gasteiger charge is -2.18. The van der Waals surface area contributed by atoms with Gasteiger partial charge in [0.25, 0.3) is 0 Å². The first-order chi connectivity index (χ1) is 8.38. The van der Waals surface area contributed by atoms with E-state index in [1.54, 1.807) is 0 Å². The van der Waals surface area contributed by atoms with E-state index >= 15 is 0 Å². The zero-order valence-electron chi connectivity index (χ0n) is 10.8. The van der Waals surface area contributed by atoms with E-state index in [0.29, 0.717) is 25.7 Å². The second-order valence-electron chi connectivity index (χ2n) is 4.45. The molecule has 7 heteroatoms. The lowest BCUT2D eigenvalue weighted by atomic mass is 10.0. The smallest absolute Gasteiger partial charge is 0.312 e. The Hall–Kier alpha value is -1.63. The lowest BCUT2D eigenvalue weighted by Crippen LogP contribution is -2.48. The first kappa shape index (κ1) is 16.4. The molecule has 0 unspecified atom stereocenters. The number of carbonyl (C=O) groups excluding carboxylic acids is 3. The molecule has 0 aromatic rings. The Labute approximate surface area is 107 Å². The van der Waals surface area contributed by atoms with Crippen molar-refractivity contribution in [2.45, 2.75) is 38.8 Å². The van der Waals surface area contributed by atoms with E-state index in [2.05, 4.69) is 10.6 Å². The van der Waals surface area contributed by atoms with Crippen LogP contribution >= 0.6 is 0 Å². The molecule has 2 atom stereocenters. The predicted octanol–water partition coefficient (Wildman–Crippen LogP) is -0.898. The zero-order valence-corrected chi connectivity index (χ0v) is 10.8. The minimum absolute atomic E-state index is 0.00818. The van der Waals surface area contributed by atoms with Gasteiger partial charge < -0.3 is 26.9 Å². The predicted molar refractivity (Wildman–Crippen MR) is 67.6 cm³/mol. The van der Waals surface area contributed by atoms with E-state index in [1.807, 2.05) is 13.8 Å². The van der Waals surface area contributed by atoms with Crippen molar-refractivity contribution in [3.8, 4) is 0 Å². The van der Waals surface area contributed by atoms with Gasteiger partial charge in [0.05, 0.1) is 12.1 Å². The Balaban J connectivity index is 4.00. The topological polar surface area (TPSA) is 127 Å². The van der Waals surface area contributed by atoms with Crippen LogP contribution in [-0.2, 0) is 9.59 Å². The molecule has 0 heterocycles. The third-order valence-electron chi connectivity index (χ3n) is 2.50. The van der Waals surface area contributed by atoms with Crippen LogP contribution in [0.1, 0.15) is 26.7 Å². The van der Waals surface area contributed by atoms with Crippen LogP contribution in [0.25, 0.3) is 0 Å². The zero-order chi connectivity index (χ0) is 14.1. The van der Waals surface area contributed by atoms with Gasteiger partial charge in [-0.2, -0.15) is 0 Å². The number of urea groups is 1. The summed E-state index contributed by atoms with van der Waals surface area (Å²) in [5.41, 5.74) is 10.5. The molecular weight excluding hydrogens is 236 g/mol. The van der Waals surface area contributed by atoms with Crippen LogP contribution in [-0.4, -0.2) is 36.9 Å². The van der Waals surface area contributed by atoms with Crippen LogP contribution < -0.4 is 22.1 Å². The average Bonchev–Trinajstić information content (AvgIpc) is 2.31. The quantitative estimate of drug-likeness (QED) is 0.332. The maximum atomic E-state index is 11.6. The minimum Gasteiger partial charge on any atom is -0.352 e. The Kier molecular flexibility index (Phi) is 7.69. The average molecular weight is 258 g/mol. The summed E-state index contributed by atoms with van der Waals surface area (Å²) in [4.78, 5) is 32.8. The highest BCUT2D eigenvalue weighted by Crippen LogP contribution is 2.00. The van der Waals surface area contributed by atoms with Gasteiger partial charge in [-0.3, -0.25) is 4.79 Å². The Morgan fingerprint density at radius 2 is 1.94 bits per heavy atom. The van der Waals surface area contributed by atoms with Gasteiger partial charge in [-0.25, -0.2) is 4.79 Å². The van der Waals surface area contributed by atoms with Crippen LogP contribution in [0.3, 0.4) is 0 Å². The van der Waals surface area contributed by atoms with Gasteiger partial charge >= 0.3 is 6.03 Å². The van der Waals surface area contributed by atoms with E-state index in [-0.39, 0.29) is 11.8 Å². The molecule has 3 amide bonds. The van der Waals surface area contributed by atoms with Gasteiger partial charge in [0.15, 0.2) is 0 Å². The fourth-order valence-electron chi connectivity index (χ4n) is 1.29. The number of hydrogen-bond acceptors (Lipinski definition) is 4. The van der Waals surface area contributed by atoms with Gasteiger partial charge in [0.2, 0.25) is 5.91 Å². The fraction of sp³-hybridized carbons (Fsp3) is 0.727. The fourth-order valence-corrected chi connectivity index (χ4v) is 1.29. The number of rotatable bonds is 8. The van der Waals surface area contributed by atoms with Crippen molar-refractivity contribution in [3.63, 3.8) is 0 Å². The number of nitrogens with one attached hydrogen (secondary N) is 2. The molecule has 0 aromatic carbocycles. The number of primary amides is 1. The van der Waals surface area contributed by atoms with Gasteiger partial charge in [0, 0.05) is 6.54 Å². The molecule has 0 spiro atoms. The van der Waals surface area contributed by atoms with Crippen molar-refractivity contribution in [3.05, 3.63) is 0 Å². The highest BCUT2D eigenvalue weighted by atomic mass is 16.2. The third-order valence-corrected chi connectivity index (χ3v) is 2.50. The normalized spacial score (nSPS) is 13.8. The summed E-state index contributed by atoms with van der Waals surface area (Å²) < 4.78 is 0. The molecule has 0 fully saturated rings. The molecule has 0 bridgehead atoms. The van der Waals surface area contributed by atoms with Crippen LogP contribution in [0.15, 0.2) is 0 Å². The van der Waals surface area contributed by atoms with Crippen LogP contribution in [0.4, 0.5) is 4.79 Å². The van der Waals surface area contributed by atoms with E-state index in [4.69, 9.17) is 11.5 Å². The van der Waals surface area contributed by atoms with Crippen molar-refractivity contribution in [1.29, 1.82) is 0 Å². The van der Waals surface area contributed by atoms with E-state index in [9.17, 15) is 14.4 Å². The Morgan fingerprint density at radius 1 is 1.33 bits per heavy atom. The highest BCUT2D eigenvalue weighted by Gasteiger charge is 2.20. The number of amides is 3. The van der Waals surface area contributed by atoms with E-state index in [0.717, 1.165) is 0 Å². The maximum Gasteiger partial charge on any atom is 0.312 e. The number of aldehydes is 1. The second kappa shape index (κ2) is 8.46. The molecule has 104 valence electrons. The summed E-state index contributed by atoms with van der Waals surface area (Å²) in [6.45, 7) is 4.03. The van der Waals surface area contributed by atoms with Crippen LogP contribution in [0.2, 0.25) is 0 Å². The Morgan fingerprint density at radius 3 is 2.39 bits per heavy atom. The van der Waals surface area contributed by atoms with Crippen LogP contribution in [0, 0.1) is 5.92 Å². The van der Waals surface area contributed by atoms with Gasteiger partial charge in [-0.15, -0.1) is 0 Å². The SMILES string of the molecule is CC(C)[C@H](N)C(=O)N[C@H](C=O)CCCNC(N)=O. The Bertz CT molecular complexity index is 294. The second-order valence-corrected chi connectivity index (χ2v) is 4.45. The lowest BCUT2D eigenvalue weighted by molar-refractivity contribution is -0.126. The van der Waals surface area contributed by atoms with E-state index in [1.165, 1.54) is 0 Å². The summed E-state index contributed by atoms with van der Waals surface area (Å²) in [7, 11) is 0. The summed E-state index contributed by atoms with van der Waals surface area (Å²) >= 11 is 0. The number of carbonyl (C=O) groups is 3. The largest absolute Gasteiger partial charge is 0.352 e. The third kappa shape index (κ3) is 6.85. The minimum atomic E-state index is -0.629. The summed E-state index contributed by atoms with van der Waals surface area (Å²) in [6.07, 6.45) is 1.64. The molecule has 18 heavy (non-hydrogen) atoms. The van der Waals surface area contributed by atoms with Crippen molar-refractivity contribution in [2.24, 2.45) is 17.4 Å². The molecule has 0 aliphatic heterocycles. The molecule has 0 aromatic heterocycles. The molecule has 0 aliphatic rings. The molecule has 0 aliphatic carbocycles. The summed E-state index contributed by atoms with van der Waals surface area (Å²) in [5.74, 6) is -0.334. The maximum absolute atomic E-state index is 11.6. The van der Waals surface area contributed by atoms with Gasteiger partial charge in [-0.1, -0.05) is 13.8 Å². The molecule has 0 radical (unpaired) electrons. The van der Waals surface area contributed by atoms with Gasteiger partial charge in [0.1, 0.15) is 6.29 Å². The molecule has 7 nitrogen and oxygen atoms in total. The van der Waals surface area contributed by atoms with Crippen molar-refractivity contribution < 1.29 is 14.4 Å². The molecule has 0 saturated carbocycles. The van der Waals surface area contributed by atoms with E-state index < -0.39 is 18.1 Å². The van der Waals surface area contributed by atoms with Crippen molar-refractivity contribution in [2.75, 3.05) is 6.54 Å². The first-order valence-corrected chi connectivity index (χ1v) is 5.93.